The fourth-order valence-corrected chi connectivity index (χ4v) is 5.91. The number of hydrogen-bond donors (Lipinski definition) is 3. The highest BCUT2D eigenvalue weighted by Gasteiger charge is 2.48. The molecule has 2 saturated carbocycles. The van der Waals surface area contributed by atoms with Crippen LogP contribution in [0.4, 0.5) is 5.69 Å². The number of benzene rings is 1. The lowest BCUT2D eigenvalue weighted by atomic mass is 9.88. The van der Waals surface area contributed by atoms with Crippen molar-refractivity contribution in [1.29, 1.82) is 0 Å². The molecule has 1 aromatic carbocycles. The van der Waals surface area contributed by atoms with Crippen molar-refractivity contribution in [1.82, 2.24) is 25.3 Å². The molecule has 0 radical (unpaired) electrons. The Labute approximate surface area is 240 Å². The summed E-state index contributed by atoms with van der Waals surface area (Å²) in [7, 11) is 0. The van der Waals surface area contributed by atoms with Gasteiger partial charge in [-0.15, -0.1) is 0 Å². The van der Waals surface area contributed by atoms with E-state index >= 15 is 0 Å². The molecule has 0 spiro atoms. The second-order valence-corrected chi connectivity index (χ2v) is 11.4. The van der Waals surface area contributed by atoms with Gasteiger partial charge in [-0.05, 0) is 99.4 Å². The second kappa shape index (κ2) is 13.0. The van der Waals surface area contributed by atoms with E-state index in [1.807, 2.05) is 38.1 Å². The maximum absolute atomic E-state index is 13.8. The summed E-state index contributed by atoms with van der Waals surface area (Å²) >= 11 is 0. The van der Waals surface area contributed by atoms with Crippen LogP contribution in [0.2, 0.25) is 0 Å². The van der Waals surface area contributed by atoms with Gasteiger partial charge in [0.2, 0.25) is 5.91 Å². The quantitative estimate of drug-likeness (QED) is 0.0916. The lowest BCUT2D eigenvalue weighted by Gasteiger charge is -2.27. The standard InChI is InChI=1S/C30H39N9O2/c1-19-26(20(2)37-36-19)21-11-13-24(14-12-21)34-30(41)28(27(22-7-8-22)23-9-10-23)35-29(40)25-15-17-33-39(25)18-6-4-3-5-16-32-38-31/h11-15,17,22-23,27-28H,3-10,16,18H2,1-2H3,(H,34,41)(H,35,40)(H,36,37). The summed E-state index contributed by atoms with van der Waals surface area (Å²) in [4.78, 5) is 30.1. The zero-order valence-corrected chi connectivity index (χ0v) is 23.8. The summed E-state index contributed by atoms with van der Waals surface area (Å²) in [6, 6.07) is 8.90. The van der Waals surface area contributed by atoms with Crippen LogP contribution in [0.25, 0.3) is 21.6 Å². The average Bonchev–Trinajstić information content (AvgIpc) is 3.90. The van der Waals surface area contributed by atoms with E-state index in [0.29, 0.717) is 36.3 Å². The Balaban J connectivity index is 1.25. The number of unbranched alkanes of at least 4 members (excludes halogenated alkanes) is 3. The molecule has 41 heavy (non-hydrogen) atoms. The number of amides is 2. The van der Waals surface area contributed by atoms with Crippen LogP contribution in [0.3, 0.4) is 0 Å². The minimum Gasteiger partial charge on any atom is -0.339 e. The first-order valence-corrected chi connectivity index (χ1v) is 14.7. The first-order valence-electron chi connectivity index (χ1n) is 14.7. The Morgan fingerprint density at radius 3 is 2.41 bits per heavy atom. The number of rotatable bonds is 15. The number of nitrogens with zero attached hydrogens (tertiary/aromatic N) is 6. The van der Waals surface area contributed by atoms with Gasteiger partial charge in [0.25, 0.3) is 5.91 Å². The van der Waals surface area contributed by atoms with Crippen molar-refractivity contribution in [2.24, 2.45) is 22.9 Å². The van der Waals surface area contributed by atoms with Crippen molar-refractivity contribution in [2.45, 2.75) is 77.8 Å². The van der Waals surface area contributed by atoms with Gasteiger partial charge in [0.05, 0.1) is 5.69 Å². The van der Waals surface area contributed by atoms with Crippen molar-refractivity contribution < 1.29 is 9.59 Å². The molecule has 0 bridgehead atoms. The molecule has 11 nitrogen and oxygen atoms in total. The highest BCUT2D eigenvalue weighted by molar-refractivity contribution is 6.01. The number of hydrogen-bond acceptors (Lipinski definition) is 5. The fourth-order valence-electron chi connectivity index (χ4n) is 5.91. The zero-order chi connectivity index (χ0) is 28.8. The Morgan fingerprint density at radius 2 is 1.78 bits per heavy atom. The van der Waals surface area contributed by atoms with E-state index in [1.54, 1.807) is 16.9 Å². The van der Waals surface area contributed by atoms with Crippen molar-refractivity contribution in [3.63, 3.8) is 0 Å². The normalized spacial score (nSPS) is 15.4. The third kappa shape index (κ3) is 7.16. The number of carbonyl (C=O) groups is 2. The third-order valence-corrected chi connectivity index (χ3v) is 8.25. The Kier molecular flexibility index (Phi) is 9.04. The molecule has 2 aromatic heterocycles. The van der Waals surface area contributed by atoms with Crippen LogP contribution in [0.15, 0.2) is 41.6 Å². The maximum Gasteiger partial charge on any atom is 0.270 e. The second-order valence-electron chi connectivity index (χ2n) is 11.4. The van der Waals surface area contributed by atoms with E-state index in [-0.39, 0.29) is 17.7 Å². The molecule has 2 amide bonds. The van der Waals surface area contributed by atoms with Gasteiger partial charge in [-0.1, -0.05) is 30.1 Å². The van der Waals surface area contributed by atoms with E-state index in [1.165, 1.54) is 0 Å². The molecule has 1 unspecified atom stereocenters. The van der Waals surface area contributed by atoms with Crippen molar-refractivity contribution >= 4 is 17.5 Å². The largest absolute Gasteiger partial charge is 0.339 e. The number of aromatic amines is 1. The number of carbonyl (C=O) groups excluding carboxylic acids is 2. The van der Waals surface area contributed by atoms with Gasteiger partial charge in [-0.2, -0.15) is 10.2 Å². The molecule has 0 saturated heterocycles. The first-order chi connectivity index (χ1) is 20.0. The van der Waals surface area contributed by atoms with Gasteiger partial charge in [0.1, 0.15) is 11.7 Å². The predicted octanol–water partition coefficient (Wildman–Crippen LogP) is 5.93. The van der Waals surface area contributed by atoms with Gasteiger partial charge < -0.3 is 10.6 Å². The summed E-state index contributed by atoms with van der Waals surface area (Å²) in [6.45, 7) is 5.09. The van der Waals surface area contributed by atoms with Crippen LogP contribution in [0.5, 0.6) is 0 Å². The third-order valence-electron chi connectivity index (χ3n) is 8.25. The summed E-state index contributed by atoms with van der Waals surface area (Å²) in [5.41, 5.74) is 13.6. The molecule has 1 atom stereocenters. The molecule has 2 aliphatic rings. The van der Waals surface area contributed by atoms with Crippen LogP contribution >= 0.6 is 0 Å². The van der Waals surface area contributed by atoms with E-state index in [4.69, 9.17) is 5.53 Å². The molecular formula is C30H39N9O2. The zero-order valence-electron chi connectivity index (χ0n) is 23.8. The summed E-state index contributed by atoms with van der Waals surface area (Å²) in [5, 5.41) is 21.5. The van der Waals surface area contributed by atoms with Crippen molar-refractivity contribution in [3.8, 4) is 11.1 Å². The molecule has 5 rings (SSSR count). The molecule has 2 heterocycles. The van der Waals surface area contributed by atoms with Gasteiger partial charge >= 0.3 is 0 Å². The molecule has 216 valence electrons. The molecule has 3 N–H and O–H groups in total. The van der Waals surface area contributed by atoms with E-state index < -0.39 is 6.04 Å². The van der Waals surface area contributed by atoms with E-state index in [0.717, 1.165) is 73.9 Å². The Bertz CT molecular complexity index is 1360. The minimum absolute atomic E-state index is 0.141. The van der Waals surface area contributed by atoms with Crippen LogP contribution < -0.4 is 10.6 Å². The first kappa shape index (κ1) is 28.4. The van der Waals surface area contributed by atoms with Crippen LogP contribution in [0.1, 0.15) is 73.2 Å². The number of aromatic nitrogens is 4. The Morgan fingerprint density at radius 1 is 1.07 bits per heavy atom. The van der Waals surface area contributed by atoms with E-state index in [9.17, 15) is 9.59 Å². The monoisotopic (exact) mass is 557 g/mol. The summed E-state index contributed by atoms with van der Waals surface area (Å²) in [5.74, 6) is 0.656. The highest BCUT2D eigenvalue weighted by Crippen LogP contribution is 2.51. The predicted molar refractivity (Wildman–Crippen MR) is 157 cm³/mol. The minimum atomic E-state index is -0.607. The van der Waals surface area contributed by atoms with Crippen LogP contribution in [-0.2, 0) is 11.3 Å². The van der Waals surface area contributed by atoms with Gasteiger partial charge in [-0.25, -0.2) is 0 Å². The number of aryl methyl sites for hydroxylation is 3. The molecule has 0 aliphatic heterocycles. The van der Waals surface area contributed by atoms with Crippen molar-refractivity contribution in [2.75, 3.05) is 11.9 Å². The number of azide groups is 1. The lowest BCUT2D eigenvalue weighted by Crippen LogP contribution is -2.50. The molecule has 11 heteroatoms. The van der Waals surface area contributed by atoms with Crippen LogP contribution in [0, 0.1) is 31.6 Å². The summed E-state index contributed by atoms with van der Waals surface area (Å²) in [6.07, 6.45) is 9.69. The van der Waals surface area contributed by atoms with Gasteiger partial charge in [0.15, 0.2) is 0 Å². The summed E-state index contributed by atoms with van der Waals surface area (Å²) < 4.78 is 1.72. The number of anilines is 1. The lowest BCUT2D eigenvalue weighted by molar-refractivity contribution is -0.119. The van der Waals surface area contributed by atoms with Crippen LogP contribution in [-0.4, -0.2) is 44.4 Å². The SMILES string of the molecule is Cc1n[nH]c(C)c1-c1ccc(NC(=O)C(NC(=O)c2ccnn2CCCCCCN=[N+]=[N-])C(C2CC2)C2CC2)cc1. The van der Waals surface area contributed by atoms with Gasteiger partial charge in [0, 0.05) is 41.1 Å². The smallest absolute Gasteiger partial charge is 0.270 e. The van der Waals surface area contributed by atoms with Gasteiger partial charge in [-0.3, -0.25) is 19.4 Å². The van der Waals surface area contributed by atoms with Crippen molar-refractivity contribution in [3.05, 3.63) is 64.1 Å². The molecular weight excluding hydrogens is 518 g/mol. The van der Waals surface area contributed by atoms with E-state index in [2.05, 4.69) is 36.0 Å². The maximum atomic E-state index is 13.8. The highest BCUT2D eigenvalue weighted by atomic mass is 16.2. The fraction of sp³-hybridized carbons (Fsp3) is 0.533. The molecule has 2 fully saturated rings. The molecule has 2 aliphatic carbocycles. The topological polar surface area (TPSA) is 153 Å². The molecule has 3 aromatic rings. The number of H-pyrrole nitrogens is 1. The number of nitrogens with one attached hydrogen (secondary N) is 3. The Hall–Kier alpha value is -4.11. The average molecular weight is 558 g/mol.